The number of hydrogen-bond acceptors (Lipinski definition) is 4. The lowest BCUT2D eigenvalue weighted by Gasteiger charge is -2.23. The number of carbonyl (C=O) groups excluding carboxylic acids is 2. The van der Waals surface area contributed by atoms with Crippen molar-refractivity contribution in [3.05, 3.63) is 48.3 Å². The summed E-state index contributed by atoms with van der Waals surface area (Å²) in [7, 11) is 0. The van der Waals surface area contributed by atoms with Crippen LogP contribution in [0, 0.1) is 5.92 Å². The molecule has 2 amide bonds. The molecule has 0 bridgehead atoms. The van der Waals surface area contributed by atoms with Crippen LogP contribution in [0.5, 0.6) is 0 Å². The van der Waals surface area contributed by atoms with Crippen LogP contribution in [-0.4, -0.2) is 44.8 Å². The van der Waals surface area contributed by atoms with Gasteiger partial charge in [0.05, 0.1) is 11.6 Å². The zero-order chi connectivity index (χ0) is 21.5. The van der Waals surface area contributed by atoms with Gasteiger partial charge in [-0.2, -0.15) is 5.10 Å². The van der Waals surface area contributed by atoms with E-state index in [1.165, 1.54) is 0 Å². The second kappa shape index (κ2) is 10.0. The van der Waals surface area contributed by atoms with E-state index in [9.17, 15) is 19.5 Å². The number of benzene rings is 1. The maximum absolute atomic E-state index is 12.9. The molecule has 1 saturated carbocycles. The number of aromatic nitrogens is 2. The summed E-state index contributed by atoms with van der Waals surface area (Å²) in [6, 6.07) is 7.72. The van der Waals surface area contributed by atoms with E-state index in [2.05, 4.69) is 15.7 Å². The molecule has 0 saturated heterocycles. The number of nitrogens with zero attached hydrogens (tertiary/aromatic N) is 2. The maximum atomic E-state index is 12.9. The van der Waals surface area contributed by atoms with Crippen LogP contribution in [0.3, 0.4) is 0 Å². The molecule has 1 fully saturated rings. The first-order chi connectivity index (χ1) is 14.5. The number of carboxylic acid groups (broad SMARTS) is 1. The fourth-order valence-corrected chi connectivity index (χ4v) is 3.84. The van der Waals surface area contributed by atoms with Crippen LogP contribution in [-0.2, 0) is 9.59 Å². The molecule has 8 heteroatoms. The number of unbranched alkanes of at least 4 members (excludes halogenated alkanes) is 1. The Balaban J connectivity index is 1.69. The smallest absolute Gasteiger partial charge is 0.308 e. The predicted octanol–water partition coefficient (Wildman–Crippen LogP) is 2.53. The Bertz CT molecular complexity index is 881. The normalized spacial score (nSPS) is 19.2. The summed E-state index contributed by atoms with van der Waals surface area (Å²) in [5, 5.41) is 19.2. The van der Waals surface area contributed by atoms with E-state index in [4.69, 9.17) is 0 Å². The van der Waals surface area contributed by atoms with Gasteiger partial charge in [-0.1, -0.05) is 32.3 Å². The topological polar surface area (TPSA) is 113 Å². The van der Waals surface area contributed by atoms with Crippen molar-refractivity contribution >= 4 is 17.8 Å². The summed E-state index contributed by atoms with van der Waals surface area (Å²) in [6.45, 7) is 2.02. The molecular formula is C22H28N4O4. The van der Waals surface area contributed by atoms with E-state index in [0.717, 1.165) is 24.9 Å². The summed E-state index contributed by atoms with van der Waals surface area (Å²) >= 11 is 0. The van der Waals surface area contributed by atoms with Crippen molar-refractivity contribution in [2.45, 2.75) is 57.5 Å². The van der Waals surface area contributed by atoms with Crippen LogP contribution >= 0.6 is 0 Å². The molecule has 0 spiro atoms. The molecule has 3 rings (SSSR count). The highest BCUT2D eigenvalue weighted by atomic mass is 16.4. The van der Waals surface area contributed by atoms with Crippen LogP contribution in [0.2, 0.25) is 0 Å². The molecule has 1 heterocycles. The monoisotopic (exact) mass is 412 g/mol. The van der Waals surface area contributed by atoms with Gasteiger partial charge in [0, 0.05) is 24.0 Å². The standard InChI is InChI=1S/C22H28N4O4/c1-2-3-10-19(21(28)24-18-11-5-9-17(18)22(29)30)25-20(27)15-7-4-8-16(14-15)26-13-6-12-23-26/h4,6-8,12-14,17-19H,2-3,5,9-11H2,1H3,(H,24,28)(H,25,27)(H,29,30)/t17-,18+,19+/m1/s1. The molecule has 0 radical (unpaired) electrons. The summed E-state index contributed by atoms with van der Waals surface area (Å²) in [5.74, 6) is -2.12. The van der Waals surface area contributed by atoms with E-state index in [1.807, 2.05) is 13.0 Å². The van der Waals surface area contributed by atoms with Gasteiger partial charge in [-0.3, -0.25) is 14.4 Å². The summed E-state index contributed by atoms with van der Waals surface area (Å²) < 4.78 is 1.66. The lowest BCUT2D eigenvalue weighted by atomic mass is 10.0. The molecule has 30 heavy (non-hydrogen) atoms. The van der Waals surface area contributed by atoms with Gasteiger partial charge in [0.25, 0.3) is 5.91 Å². The highest BCUT2D eigenvalue weighted by molar-refractivity contribution is 5.98. The van der Waals surface area contributed by atoms with E-state index >= 15 is 0 Å². The fraction of sp³-hybridized carbons (Fsp3) is 0.455. The number of rotatable bonds is 9. The summed E-state index contributed by atoms with van der Waals surface area (Å²) in [5.41, 5.74) is 1.18. The quantitative estimate of drug-likeness (QED) is 0.586. The molecule has 0 aliphatic heterocycles. The molecule has 1 aromatic heterocycles. The number of aliphatic carboxylic acids is 1. The fourth-order valence-electron chi connectivity index (χ4n) is 3.84. The van der Waals surface area contributed by atoms with Gasteiger partial charge in [-0.15, -0.1) is 0 Å². The first-order valence-electron chi connectivity index (χ1n) is 10.4. The molecule has 3 N–H and O–H groups in total. The lowest BCUT2D eigenvalue weighted by molar-refractivity contribution is -0.142. The predicted molar refractivity (Wildman–Crippen MR) is 111 cm³/mol. The summed E-state index contributed by atoms with van der Waals surface area (Å²) in [4.78, 5) is 37.1. The van der Waals surface area contributed by atoms with Crippen molar-refractivity contribution in [2.24, 2.45) is 5.92 Å². The maximum Gasteiger partial charge on any atom is 0.308 e. The second-order valence-electron chi connectivity index (χ2n) is 7.66. The van der Waals surface area contributed by atoms with Crippen LogP contribution in [0.4, 0.5) is 0 Å². The van der Waals surface area contributed by atoms with Gasteiger partial charge < -0.3 is 15.7 Å². The Hall–Kier alpha value is -3.16. The minimum atomic E-state index is -0.887. The van der Waals surface area contributed by atoms with Gasteiger partial charge in [0.1, 0.15) is 6.04 Å². The molecule has 2 aromatic rings. The van der Waals surface area contributed by atoms with Crippen LogP contribution < -0.4 is 10.6 Å². The average molecular weight is 412 g/mol. The third kappa shape index (κ3) is 5.25. The molecule has 1 aromatic carbocycles. The van der Waals surface area contributed by atoms with Crippen LogP contribution in [0.25, 0.3) is 5.69 Å². The molecule has 8 nitrogen and oxygen atoms in total. The Labute approximate surface area is 175 Å². The molecular weight excluding hydrogens is 384 g/mol. The van der Waals surface area contributed by atoms with E-state index in [1.54, 1.807) is 41.3 Å². The number of hydrogen-bond donors (Lipinski definition) is 3. The van der Waals surface area contributed by atoms with E-state index in [0.29, 0.717) is 24.8 Å². The molecule has 3 atom stereocenters. The SMILES string of the molecule is CCCC[C@H](NC(=O)c1cccc(-n2cccn2)c1)C(=O)N[C@H]1CCC[C@H]1C(=O)O. The van der Waals surface area contributed by atoms with Crippen molar-refractivity contribution in [2.75, 3.05) is 0 Å². The van der Waals surface area contributed by atoms with E-state index < -0.39 is 17.9 Å². The van der Waals surface area contributed by atoms with Gasteiger partial charge in [-0.05, 0) is 43.5 Å². The number of amides is 2. The minimum Gasteiger partial charge on any atom is -0.481 e. The molecule has 160 valence electrons. The lowest BCUT2D eigenvalue weighted by Crippen LogP contribution is -2.51. The van der Waals surface area contributed by atoms with Crippen molar-refractivity contribution in [1.29, 1.82) is 0 Å². The third-order valence-electron chi connectivity index (χ3n) is 5.51. The zero-order valence-electron chi connectivity index (χ0n) is 17.1. The minimum absolute atomic E-state index is 0.321. The molecule has 1 aliphatic rings. The van der Waals surface area contributed by atoms with Crippen molar-refractivity contribution in [3.63, 3.8) is 0 Å². The molecule has 0 unspecified atom stereocenters. The zero-order valence-corrected chi connectivity index (χ0v) is 17.1. The van der Waals surface area contributed by atoms with Crippen molar-refractivity contribution in [3.8, 4) is 5.69 Å². The largest absolute Gasteiger partial charge is 0.481 e. The van der Waals surface area contributed by atoms with Gasteiger partial charge in [0.15, 0.2) is 0 Å². The Morgan fingerprint density at radius 3 is 2.80 bits per heavy atom. The van der Waals surface area contributed by atoms with Gasteiger partial charge in [0.2, 0.25) is 5.91 Å². The van der Waals surface area contributed by atoms with Crippen molar-refractivity contribution < 1.29 is 19.5 Å². The average Bonchev–Trinajstić information content (AvgIpc) is 3.43. The highest BCUT2D eigenvalue weighted by Gasteiger charge is 2.35. The first kappa shape index (κ1) is 21.5. The highest BCUT2D eigenvalue weighted by Crippen LogP contribution is 2.26. The van der Waals surface area contributed by atoms with Crippen molar-refractivity contribution in [1.82, 2.24) is 20.4 Å². The summed E-state index contributed by atoms with van der Waals surface area (Å²) in [6.07, 6.45) is 7.58. The van der Waals surface area contributed by atoms with Crippen LogP contribution in [0.15, 0.2) is 42.7 Å². The Morgan fingerprint density at radius 1 is 1.27 bits per heavy atom. The Morgan fingerprint density at radius 2 is 2.10 bits per heavy atom. The second-order valence-corrected chi connectivity index (χ2v) is 7.66. The Kier molecular flexibility index (Phi) is 7.21. The number of carboxylic acids is 1. The third-order valence-corrected chi connectivity index (χ3v) is 5.51. The first-order valence-corrected chi connectivity index (χ1v) is 10.4. The molecule has 1 aliphatic carbocycles. The number of nitrogens with one attached hydrogen (secondary N) is 2. The van der Waals surface area contributed by atoms with Gasteiger partial charge in [-0.25, -0.2) is 4.68 Å². The van der Waals surface area contributed by atoms with Crippen LogP contribution in [0.1, 0.15) is 55.8 Å². The van der Waals surface area contributed by atoms with Gasteiger partial charge >= 0.3 is 5.97 Å². The number of carbonyl (C=O) groups is 3. The van der Waals surface area contributed by atoms with E-state index in [-0.39, 0.29) is 17.9 Å².